The Morgan fingerprint density at radius 2 is 1.83 bits per heavy atom. The number of fused-ring (bicyclic) bond motifs is 1. The lowest BCUT2D eigenvalue weighted by molar-refractivity contribution is 0.379. The lowest BCUT2D eigenvalue weighted by Gasteiger charge is -2.36. The smallest absolute Gasteiger partial charge is 0.217 e. The largest absolute Gasteiger partial charge is 0.368 e. The molecule has 2 aliphatic rings. The standard InChI is InChI=1S/C16H22N4O2S/c21-23(22,13-4-1-2-5-13)20-10-8-19(9-11-20)16-7-3-6-15-14(16)12-17-18-15/h3,6-7,12-13H,1-2,4-5,8-11H2,(H,17,18). The lowest BCUT2D eigenvalue weighted by Crippen LogP contribution is -2.50. The number of anilines is 1. The number of sulfonamides is 1. The monoisotopic (exact) mass is 334 g/mol. The van der Waals surface area contributed by atoms with E-state index in [0.29, 0.717) is 13.1 Å². The molecule has 0 atom stereocenters. The number of aromatic amines is 1. The second-order valence-electron chi connectivity index (χ2n) is 6.45. The van der Waals surface area contributed by atoms with Gasteiger partial charge in [0.2, 0.25) is 10.0 Å². The number of benzene rings is 1. The van der Waals surface area contributed by atoms with Crippen LogP contribution >= 0.6 is 0 Å². The van der Waals surface area contributed by atoms with Gasteiger partial charge in [-0.25, -0.2) is 8.42 Å². The summed E-state index contributed by atoms with van der Waals surface area (Å²) in [5, 5.41) is 8.04. The second-order valence-corrected chi connectivity index (χ2v) is 8.66. The van der Waals surface area contributed by atoms with Crippen molar-refractivity contribution in [3.8, 4) is 0 Å². The van der Waals surface area contributed by atoms with Crippen molar-refractivity contribution in [2.75, 3.05) is 31.1 Å². The van der Waals surface area contributed by atoms with Gasteiger partial charge < -0.3 is 4.90 Å². The van der Waals surface area contributed by atoms with Gasteiger partial charge in [0.05, 0.1) is 17.0 Å². The normalized spacial score (nSPS) is 21.3. The fraction of sp³-hybridized carbons (Fsp3) is 0.562. The van der Waals surface area contributed by atoms with Crippen LogP contribution in [0.4, 0.5) is 5.69 Å². The van der Waals surface area contributed by atoms with Gasteiger partial charge in [-0.2, -0.15) is 9.40 Å². The van der Waals surface area contributed by atoms with Crippen molar-refractivity contribution in [3.05, 3.63) is 24.4 Å². The first-order valence-electron chi connectivity index (χ1n) is 8.32. The first-order chi connectivity index (χ1) is 11.2. The number of hydrogen-bond donors (Lipinski definition) is 1. The van der Waals surface area contributed by atoms with Crippen molar-refractivity contribution in [1.29, 1.82) is 0 Å². The summed E-state index contributed by atoms with van der Waals surface area (Å²) in [7, 11) is -3.11. The number of hydrogen-bond acceptors (Lipinski definition) is 4. The van der Waals surface area contributed by atoms with Crippen molar-refractivity contribution in [1.82, 2.24) is 14.5 Å². The van der Waals surface area contributed by atoms with Gasteiger partial charge in [0.15, 0.2) is 0 Å². The average Bonchev–Trinajstić information content (AvgIpc) is 3.26. The maximum Gasteiger partial charge on any atom is 0.217 e. The van der Waals surface area contributed by atoms with Crippen molar-refractivity contribution in [2.24, 2.45) is 0 Å². The molecule has 0 spiro atoms. The number of H-pyrrole nitrogens is 1. The van der Waals surface area contributed by atoms with Gasteiger partial charge in [-0.15, -0.1) is 0 Å². The van der Waals surface area contributed by atoms with Crippen LogP contribution in [0.25, 0.3) is 10.9 Å². The molecule has 0 radical (unpaired) electrons. The summed E-state index contributed by atoms with van der Waals surface area (Å²) >= 11 is 0. The van der Waals surface area contributed by atoms with Gasteiger partial charge in [0.1, 0.15) is 0 Å². The number of aromatic nitrogens is 2. The highest BCUT2D eigenvalue weighted by atomic mass is 32.2. The molecule has 124 valence electrons. The summed E-state index contributed by atoms with van der Waals surface area (Å²) in [6.45, 7) is 2.62. The van der Waals surface area contributed by atoms with Crippen LogP contribution in [0, 0.1) is 0 Å². The highest BCUT2D eigenvalue weighted by Gasteiger charge is 2.35. The topological polar surface area (TPSA) is 69.3 Å². The van der Waals surface area contributed by atoms with Gasteiger partial charge in [-0.3, -0.25) is 5.10 Å². The molecule has 0 unspecified atom stereocenters. The van der Waals surface area contributed by atoms with E-state index in [1.165, 1.54) is 0 Å². The van der Waals surface area contributed by atoms with Gasteiger partial charge in [0, 0.05) is 37.3 Å². The van der Waals surface area contributed by atoms with E-state index < -0.39 is 10.0 Å². The molecule has 2 fully saturated rings. The molecule has 1 aromatic heterocycles. The molecule has 4 rings (SSSR count). The summed E-state index contributed by atoms with van der Waals surface area (Å²) in [4.78, 5) is 2.26. The molecule has 0 bridgehead atoms. The number of nitrogens with zero attached hydrogens (tertiary/aromatic N) is 3. The summed E-state index contributed by atoms with van der Waals surface area (Å²) in [5.74, 6) is 0. The molecular weight excluding hydrogens is 312 g/mol. The molecule has 23 heavy (non-hydrogen) atoms. The van der Waals surface area contributed by atoms with Crippen LogP contribution in [-0.4, -0.2) is 54.3 Å². The van der Waals surface area contributed by atoms with E-state index in [9.17, 15) is 8.42 Å². The highest BCUT2D eigenvalue weighted by Crippen LogP contribution is 2.30. The minimum Gasteiger partial charge on any atom is -0.368 e. The van der Waals surface area contributed by atoms with Crippen LogP contribution in [0.3, 0.4) is 0 Å². The Kier molecular flexibility index (Phi) is 3.77. The predicted molar refractivity (Wildman–Crippen MR) is 91.1 cm³/mol. The van der Waals surface area contributed by atoms with Crippen molar-refractivity contribution < 1.29 is 8.42 Å². The fourth-order valence-electron chi connectivity index (χ4n) is 3.81. The van der Waals surface area contributed by atoms with Gasteiger partial charge in [-0.05, 0) is 25.0 Å². The molecule has 6 nitrogen and oxygen atoms in total. The van der Waals surface area contributed by atoms with Gasteiger partial charge >= 0.3 is 0 Å². The first-order valence-corrected chi connectivity index (χ1v) is 9.82. The summed E-state index contributed by atoms with van der Waals surface area (Å²) < 4.78 is 27.1. The van der Waals surface area contributed by atoms with E-state index in [-0.39, 0.29) is 5.25 Å². The molecule has 1 aromatic carbocycles. The van der Waals surface area contributed by atoms with E-state index in [0.717, 1.165) is 55.4 Å². The maximum atomic E-state index is 12.7. The zero-order valence-corrected chi connectivity index (χ0v) is 13.9. The number of rotatable bonds is 3. The molecule has 1 aliphatic heterocycles. The summed E-state index contributed by atoms with van der Waals surface area (Å²) in [6.07, 6.45) is 5.60. The Morgan fingerprint density at radius 1 is 1.09 bits per heavy atom. The number of piperazine rings is 1. The van der Waals surface area contributed by atoms with Crippen LogP contribution in [0.1, 0.15) is 25.7 Å². The third-order valence-corrected chi connectivity index (χ3v) is 7.52. The minimum atomic E-state index is -3.11. The molecule has 1 saturated heterocycles. The van der Waals surface area contributed by atoms with Crippen LogP contribution < -0.4 is 4.90 Å². The van der Waals surface area contributed by atoms with Crippen molar-refractivity contribution >= 4 is 26.6 Å². The Morgan fingerprint density at radius 3 is 2.57 bits per heavy atom. The highest BCUT2D eigenvalue weighted by molar-refractivity contribution is 7.89. The van der Waals surface area contributed by atoms with Crippen molar-refractivity contribution in [2.45, 2.75) is 30.9 Å². The molecule has 2 aromatic rings. The Labute approximate surface area is 136 Å². The Balaban J connectivity index is 1.50. The second kappa shape index (κ2) is 5.79. The molecule has 1 N–H and O–H groups in total. The summed E-state index contributed by atoms with van der Waals surface area (Å²) in [6, 6.07) is 6.10. The zero-order valence-electron chi connectivity index (χ0n) is 13.1. The van der Waals surface area contributed by atoms with Crippen molar-refractivity contribution in [3.63, 3.8) is 0 Å². The third kappa shape index (κ3) is 2.61. The molecule has 2 heterocycles. The van der Waals surface area contributed by atoms with E-state index in [1.807, 2.05) is 18.3 Å². The van der Waals surface area contributed by atoms with Crippen LogP contribution in [-0.2, 0) is 10.0 Å². The quantitative estimate of drug-likeness (QED) is 0.931. The third-order valence-electron chi connectivity index (χ3n) is 5.12. The van der Waals surface area contributed by atoms with E-state index in [1.54, 1.807) is 4.31 Å². The fourth-order valence-corrected chi connectivity index (χ4v) is 5.83. The Hall–Kier alpha value is -1.60. The van der Waals surface area contributed by atoms with Gasteiger partial charge in [-0.1, -0.05) is 18.9 Å². The van der Waals surface area contributed by atoms with E-state index >= 15 is 0 Å². The molecule has 1 saturated carbocycles. The Bertz CT molecular complexity index is 787. The van der Waals surface area contributed by atoms with Gasteiger partial charge in [0.25, 0.3) is 0 Å². The lowest BCUT2D eigenvalue weighted by atomic mass is 10.2. The van der Waals surface area contributed by atoms with E-state index in [2.05, 4.69) is 21.2 Å². The molecule has 1 aliphatic carbocycles. The van der Waals surface area contributed by atoms with Crippen LogP contribution in [0.15, 0.2) is 24.4 Å². The molecule has 0 amide bonds. The SMILES string of the molecule is O=S(=O)(C1CCCC1)N1CCN(c2cccc3[nH]ncc23)CC1. The summed E-state index contributed by atoms with van der Waals surface area (Å²) in [5.41, 5.74) is 2.15. The van der Waals surface area contributed by atoms with Crippen LogP contribution in [0.5, 0.6) is 0 Å². The van der Waals surface area contributed by atoms with E-state index in [4.69, 9.17) is 0 Å². The first kappa shape index (κ1) is 15.0. The predicted octanol–water partition coefficient (Wildman–Crippen LogP) is 1.96. The van der Waals surface area contributed by atoms with Crippen LogP contribution in [0.2, 0.25) is 0 Å². The molecular formula is C16H22N4O2S. The average molecular weight is 334 g/mol. The number of nitrogens with one attached hydrogen (secondary N) is 1. The molecule has 7 heteroatoms. The zero-order chi connectivity index (χ0) is 15.9. The maximum absolute atomic E-state index is 12.7. The minimum absolute atomic E-state index is 0.147.